The molecule has 0 N–H and O–H groups in total. The lowest BCUT2D eigenvalue weighted by Crippen LogP contribution is -2.06. The fourth-order valence-electron chi connectivity index (χ4n) is 2.82. The number of halogens is 1. The molecule has 28 heavy (non-hydrogen) atoms. The molecule has 3 aromatic rings. The molecule has 0 bridgehead atoms. The highest BCUT2D eigenvalue weighted by Crippen LogP contribution is 2.22. The summed E-state index contributed by atoms with van der Waals surface area (Å²) in [6.07, 6.45) is 1.72. The molecule has 0 radical (unpaired) electrons. The van der Waals surface area contributed by atoms with Gasteiger partial charge in [-0.2, -0.15) is 0 Å². The summed E-state index contributed by atoms with van der Waals surface area (Å²) in [5.41, 5.74) is 3.00. The Morgan fingerprint density at radius 3 is 2.39 bits per heavy atom. The van der Waals surface area contributed by atoms with E-state index in [9.17, 15) is 9.18 Å². The molecule has 3 aromatic carbocycles. The molecule has 0 spiro atoms. The Bertz CT molecular complexity index is 1060. The summed E-state index contributed by atoms with van der Waals surface area (Å²) in [4.78, 5) is 16.9. The van der Waals surface area contributed by atoms with Gasteiger partial charge in [0, 0.05) is 11.1 Å². The van der Waals surface area contributed by atoms with E-state index in [1.807, 2.05) is 42.5 Å². The van der Waals surface area contributed by atoms with Crippen LogP contribution in [0, 0.1) is 5.82 Å². The number of hydrogen-bond donors (Lipinski definition) is 0. The van der Waals surface area contributed by atoms with Crippen molar-refractivity contribution in [2.45, 2.75) is 6.61 Å². The van der Waals surface area contributed by atoms with E-state index in [-0.39, 0.29) is 12.4 Å². The van der Waals surface area contributed by atoms with Crippen LogP contribution in [0.15, 0.2) is 89.6 Å². The highest BCUT2D eigenvalue weighted by Gasteiger charge is 2.26. The molecule has 0 saturated heterocycles. The van der Waals surface area contributed by atoms with Crippen molar-refractivity contribution in [3.05, 3.63) is 107 Å². The van der Waals surface area contributed by atoms with Gasteiger partial charge in [-0.1, -0.05) is 65.8 Å². The minimum Gasteiger partial charge on any atom is -0.489 e. The Labute approximate surface area is 161 Å². The van der Waals surface area contributed by atoms with Gasteiger partial charge in [-0.25, -0.2) is 9.18 Å². The van der Waals surface area contributed by atoms with Crippen LogP contribution in [0.4, 0.5) is 4.39 Å². The van der Waals surface area contributed by atoms with Gasteiger partial charge in [-0.15, -0.1) is 0 Å². The number of hydrogen-bond acceptors (Lipinski definition) is 4. The average molecular weight is 373 g/mol. The molecule has 0 saturated carbocycles. The fourth-order valence-corrected chi connectivity index (χ4v) is 2.82. The van der Waals surface area contributed by atoms with Crippen molar-refractivity contribution in [1.82, 2.24) is 0 Å². The second-order valence-corrected chi connectivity index (χ2v) is 6.19. The lowest BCUT2D eigenvalue weighted by atomic mass is 10.0. The molecule has 1 aliphatic rings. The van der Waals surface area contributed by atoms with Gasteiger partial charge >= 0.3 is 5.97 Å². The van der Waals surface area contributed by atoms with Gasteiger partial charge in [0.15, 0.2) is 0 Å². The Morgan fingerprint density at radius 2 is 1.64 bits per heavy atom. The summed E-state index contributed by atoms with van der Waals surface area (Å²) in [6, 6.07) is 23.1. The van der Waals surface area contributed by atoms with E-state index in [2.05, 4.69) is 5.16 Å². The number of ether oxygens (including phenoxy) is 1. The average Bonchev–Trinajstić information content (AvgIpc) is 3.09. The number of carbonyl (C=O) groups excluding carboxylic acids is 1. The summed E-state index contributed by atoms with van der Waals surface area (Å²) in [5.74, 6) is -0.175. The smallest absolute Gasteiger partial charge is 0.368 e. The van der Waals surface area contributed by atoms with E-state index in [1.165, 1.54) is 6.07 Å². The van der Waals surface area contributed by atoms with Gasteiger partial charge in [-0.05, 0) is 29.8 Å². The van der Waals surface area contributed by atoms with Gasteiger partial charge in [0.05, 0.1) is 5.57 Å². The van der Waals surface area contributed by atoms with Gasteiger partial charge < -0.3 is 9.57 Å². The largest absolute Gasteiger partial charge is 0.489 e. The van der Waals surface area contributed by atoms with Gasteiger partial charge in [-0.3, -0.25) is 0 Å². The minimum atomic E-state index is -0.487. The van der Waals surface area contributed by atoms with Crippen molar-refractivity contribution in [2.24, 2.45) is 5.16 Å². The summed E-state index contributed by atoms with van der Waals surface area (Å²) in [6.45, 7) is 0.143. The molecule has 0 aromatic heterocycles. The maximum absolute atomic E-state index is 13.7. The van der Waals surface area contributed by atoms with Crippen molar-refractivity contribution in [2.75, 3.05) is 0 Å². The molecule has 1 heterocycles. The molecule has 0 amide bonds. The van der Waals surface area contributed by atoms with Crippen LogP contribution >= 0.6 is 0 Å². The van der Waals surface area contributed by atoms with Crippen LogP contribution in [0.5, 0.6) is 5.75 Å². The maximum atomic E-state index is 13.7. The predicted molar refractivity (Wildman–Crippen MR) is 104 cm³/mol. The molecular formula is C23H16FNO3. The zero-order chi connectivity index (χ0) is 19.3. The fraction of sp³-hybridized carbons (Fsp3) is 0.0435. The van der Waals surface area contributed by atoms with Crippen LogP contribution in [0.3, 0.4) is 0 Å². The molecule has 5 heteroatoms. The number of benzene rings is 3. The molecule has 0 aliphatic carbocycles. The van der Waals surface area contributed by atoms with E-state index in [0.29, 0.717) is 22.6 Å². The summed E-state index contributed by atoms with van der Waals surface area (Å²) in [5, 5.41) is 3.89. The third kappa shape index (κ3) is 3.83. The molecule has 4 nitrogen and oxygen atoms in total. The molecule has 138 valence electrons. The van der Waals surface area contributed by atoms with E-state index in [0.717, 1.165) is 11.1 Å². The summed E-state index contributed by atoms with van der Waals surface area (Å²) in [7, 11) is 0. The second-order valence-electron chi connectivity index (χ2n) is 6.19. The Kier molecular flexibility index (Phi) is 4.97. The second kappa shape index (κ2) is 7.88. The first-order valence-corrected chi connectivity index (χ1v) is 8.74. The number of oxime groups is 1. The molecular weight excluding hydrogens is 357 g/mol. The van der Waals surface area contributed by atoms with Crippen LogP contribution < -0.4 is 4.74 Å². The first kappa shape index (κ1) is 17.7. The minimum absolute atomic E-state index is 0.143. The zero-order valence-electron chi connectivity index (χ0n) is 14.8. The molecule has 4 rings (SSSR count). The molecule has 0 atom stereocenters. The molecule has 0 fully saturated rings. The summed E-state index contributed by atoms with van der Waals surface area (Å²) < 4.78 is 19.3. The SMILES string of the molecule is O=C1ON=C(c2ccccc2)C1=Cc1ccc(OCc2ccccc2F)cc1. The van der Waals surface area contributed by atoms with Crippen LogP contribution in [-0.4, -0.2) is 11.7 Å². The lowest BCUT2D eigenvalue weighted by molar-refractivity contribution is -0.136. The first-order valence-electron chi connectivity index (χ1n) is 8.74. The first-order chi connectivity index (χ1) is 13.7. The van der Waals surface area contributed by atoms with Crippen molar-refractivity contribution < 1.29 is 18.8 Å². The third-order valence-corrected chi connectivity index (χ3v) is 4.29. The highest BCUT2D eigenvalue weighted by atomic mass is 19.1. The van der Waals surface area contributed by atoms with E-state index in [1.54, 1.807) is 36.4 Å². The topological polar surface area (TPSA) is 47.9 Å². The lowest BCUT2D eigenvalue weighted by Gasteiger charge is -2.07. The monoisotopic (exact) mass is 373 g/mol. The third-order valence-electron chi connectivity index (χ3n) is 4.29. The zero-order valence-corrected chi connectivity index (χ0v) is 14.8. The van der Waals surface area contributed by atoms with Crippen molar-refractivity contribution in [1.29, 1.82) is 0 Å². The Hall–Kier alpha value is -3.73. The summed E-state index contributed by atoms with van der Waals surface area (Å²) >= 11 is 0. The van der Waals surface area contributed by atoms with Crippen molar-refractivity contribution in [3.63, 3.8) is 0 Å². The normalized spacial score (nSPS) is 14.7. The number of rotatable bonds is 5. The number of carbonyl (C=O) groups is 1. The van der Waals surface area contributed by atoms with Crippen LogP contribution in [0.25, 0.3) is 6.08 Å². The van der Waals surface area contributed by atoms with Gasteiger partial charge in [0.1, 0.15) is 23.9 Å². The maximum Gasteiger partial charge on any atom is 0.368 e. The standard InChI is InChI=1S/C23H16FNO3/c24-21-9-5-4-8-18(21)15-27-19-12-10-16(11-13-19)14-20-22(25-28-23(20)26)17-6-2-1-3-7-17/h1-14H,15H2. The van der Waals surface area contributed by atoms with Crippen LogP contribution in [-0.2, 0) is 16.2 Å². The van der Waals surface area contributed by atoms with Crippen LogP contribution in [0.1, 0.15) is 16.7 Å². The Balaban J connectivity index is 1.50. The van der Waals surface area contributed by atoms with Crippen molar-refractivity contribution >= 4 is 17.8 Å². The predicted octanol–water partition coefficient (Wildman–Crippen LogP) is 4.75. The van der Waals surface area contributed by atoms with Crippen molar-refractivity contribution in [3.8, 4) is 5.75 Å². The van der Waals surface area contributed by atoms with E-state index < -0.39 is 5.97 Å². The molecule has 1 aliphatic heterocycles. The van der Waals surface area contributed by atoms with Crippen LogP contribution in [0.2, 0.25) is 0 Å². The van der Waals surface area contributed by atoms with E-state index >= 15 is 0 Å². The number of nitrogens with zero attached hydrogens (tertiary/aromatic N) is 1. The van der Waals surface area contributed by atoms with E-state index in [4.69, 9.17) is 9.57 Å². The highest BCUT2D eigenvalue weighted by molar-refractivity contribution is 6.31. The van der Waals surface area contributed by atoms with Gasteiger partial charge in [0.25, 0.3) is 0 Å². The quantitative estimate of drug-likeness (QED) is 0.479. The molecule has 0 unspecified atom stereocenters. The van der Waals surface area contributed by atoms with Gasteiger partial charge in [0.2, 0.25) is 0 Å². The Morgan fingerprint density at radius 1 is 0.929 bits per heavy atom.